The first kappa shape index (κ1) is 12.2. The van der Waals surface area contributed by atoms with Crippen molar-refractivity contribution in [2.75, 3.05) is 6.54 Å². The Hall–Kier alpha value is -1.87. The summed E-state index contributed by atoms with van der Waals surface area (Å²) in [5.41, 5.74) is 11.7. The van der Waals surface area contributed by atoms with Gasteiger partial charge in [0.2, 0.25) is 0 Å². The van der Waals surface area contributed by atoms with Crippen LogP contribution in [0.2, 0.25) is 0 Å². The van der Waals surface area contributed by atoms with Gasteiger partial charge < -0.3 is 10.3 Å². The van der Waals surface area contributed by atoms with E-state index in [0.29, 0.717) is 6.54 Å². The van der Waals surface area contributed by atoms with Crippen molar-refractivity contribution in [2.45, 2.75) is 27.3 Å². The molecule has 0 aliphatic rings. The molecular formula is C16H19N3. The van der Waals surface area contributed by atoms with E-state index in [1.54, 1.807) is 0 Å². The van der Waals surface area contributed by atoms with Gasteiger partial charge in [-0.2, -0.15) is 0 Å². The molecule has 3 rings (SSSR count). The zero-order valence-corrected chi connectivity index (χ0v) is 11.7. The van der Waals surface area contributed by atoms with Gasteiger partial charge in [-0.3, -0.25) is 4.98 Å². The number of para-hydroxylation sites is 1. The first-order valence-corrected chi connectivity index (χ1v) is 6.70. The minimum Gasteiger partial charge on any atom is -0.338 e. The molecule has 19 heavy (non-hydrogen) atoms. The summed E-state index contributed by atoms with van der Waals surface area (Å²) >= 11 is 0. The molecule has 0 spiro atoms. The largest absolute Gasteiger partial charge is 0.338 e. The van der Waals surface area contributed by atoms with Gasteiger partial charge in [0.05, 0.1) is 11.2 Å². The molecule has 2 aromatic heterocycles. The summed E-state index contributed by atoms with van der Waals surface area (Å²) in [7, 11) is 0. The number of aryl methyl sites for hydroxylation is 3. The highest BCUT2D eigenvalue weighted by Crippen LogP contribution is 2.33. The van der Waals surface area contributed by atoms with Crippen LogP contribution in [0, 0.1) is 20.8 Å². The summed E-state index contributed by atoms with van der Waals surface area (Å²) in [5.74, 6) is 0. The first-order chi connectivity index (χ1) is 9.15. The van der Waals surface area contributed by atoms with Crippen molar-refractivity contribution in [1.82, 2.24) is 9.55 Å². The SMILES string of the molecule is Cc1nc(C)c2c(c1C)c1ccccc1n2CCN. The second-order valence-corrected chi connectivity index (χ2v) is 5.09. The summed E-state index contributed by atoms with van der Waals surface area (Å²) in [6.07, 6.45) is 0. The van der Waals surface area contributed by atoms with Crippen LogP contribution in [-0.4, -0.2) is 16.1 Å². The molecule has 2 heterocycles. The van der Waals surface area contributed by atoms with Gasteiger partial charge >= 0.3 is 0 Å². The average Bonchev–Trinajstić information content (AvgIpc) is 2.72. The third kappa shape index (κ3) is 1.65. The molecule has 0 amide bonds. The molecule has 0 aliphatic heterocycles. The van der Waals surface area contributed by atoms with Gasteiger partial charge in [-0.05, 0) is 32.4 Å². The number of nitrogens with two attached hydrogens (primary N) is 1. The van der Waals surface area contributed by atoms with E-state index in [1.165, 1.54) is 27.4 Å². The Balaban J connectivity index is 2.60. The van der Waals surface area contributed by atoms with Crippen molar-refractivity contribution in [3.63, 3.8) is 0 Å². The van der Waals surface area contributed by atoms with E-state index >= 15 is 0 Å². The van der Waals surface area contributed by atoms with E-state index in [9.17, 15) is 0 Å². The van der Waals surface area contributed by atoms with Crippen LogP contribution in [0.3, 0.4) is 0 Å². The van der Waals surface area contributed by atoms with E-state index in [4.69, 9.17) is 5.73 Å². The van der Waals surface area contributed by atoms with Crippen molar-refractivity contribution in [1.29, 1.82) is 0 Å². The van der Waals surface area contributed by atoms with E-state index in [-0.39, 0.29) is 0 Å². The highest BCUT2D eigenvalue weighted by atomic mass is 15.0. The van der Waals surface area contributed by atoms with Crippen LogP contribution in [0.5, 0.6) is 0 Å². The van der Waals surface area contributed by atoms with Gasteiger partial charge in [0.25, 0.3) is 0 Å². The third-order valence-corrected chi connectivity index (χ3v) is 3.92. The second kappa shape index (κ2) is 4.35. The number of nitrogens with zero attached hydrogens (tertiary/aromatic N) is 2. The quantitative estimate of drug-likeness (QED) is 0.762. The third-order valence-electron chi connectivity index (χ3n) is 3.92. The fourth-order valence-electron chi connectivity index (χ4n) is 2.99. The van der Waals surface area contributed by atoms with Crippen LogP contribution in [0.15, 0.2) is 24.3 Å². The number of hydrogen-bond donors (Lipinski definition) is 1. The maximum Gasteiger partial charge on any atom is 0.0710 e. The minimum absolute atomic E-state index is 0.639. The fraction of sp³-hybridized carbons (Fsp3) is 0.312. The number of aromatic nitrogens is 2. The summed E-state index contributed by atoms with van der Waals surface area (Å²) in [5, 5.41) is 2.63. The number of pyridine rings is 1. The lowest BCUT2D eigenvalue weighted by Crippen LogP contribution is -2.10. The van der Waals surface area contributed by atoms with Crippen LogP contribution >= 0.6 is 0 Å². The molecule has 2 N–H and O–H groups in total. The Bertz CT molecular complexity index is 769. The monoisotopic (exact) mass is 253 g/mol. The van der Waals surface area contributed by atoms with Crippen molar-refractivity contribution >= 4 is 21.8 Å². The van der Waals surface area contributed by atoms with Crippen LogP contribution in [0.4, 0.5) is 0 Å². The van der Waals surface area contributed by atoms with Crippen molar-refractivity contribution in [2.24, 2.45) is 5.73 Å². The first-order valence-electron chi connectivity index (χ1n) is 6.70. The minimum atomic E-state index is 0.639. The van der Waals surface area contributed by atoms with Gasteiger partial charge in [0.1, 0.15) is 0 Å². The zero-order valence-electron chi connectivity index (χ0n) is 11.7. The normalized spacial score (nSPS) is 11.6. The molecule has 3 heteroatoms. The summed E-state index contributed by atoms with van der Waals surface area (Å²) < 4.78 is 2.30. The van der Waals surface area contributed by atoms with E-state index in [2.05, 4.69) is 54.6 Å². The Morgan fingerprint density at radius 2 is 1.84 bits per heavy atom. The molecule has 0 radical (unpaired) electrons. The van der Waals surface area contributed by atoms with Crippen molar-refractivity contribution < 1.29 is 0 Å². The zero-order chi connectivity index (χ0) is 13.6. The predicted molar refractivity (Wildman–Crippen MR) is 80.5 cm³/mol. The molecule has 0 atom stereocenters. The van der Waals surface area contributed by atoms with Crippen LogP contribution in [0.25, 0.3) is 21.8 Å². The lowest BCUT2D eigenvalue weighted by atomic mass is 10.1. The number of rotatable bonds is 2. The Morgan fingerprint density at radius 1 is 1.11 bits per heavy atom. The Labute approximate surface area is 113 Å². The fourth-order valence-corrected chi connectivity index (χ4v) is 2.99. The van der Waals surface area contributed by atoms with Crippen LogP contribution in [0.1, 0.15) is 17.0 Å². The molecule has 0 unspecified atom stereocenters. The standard InChI is InChI=1S/C16H19N3/c1-10-11(2)18-12(3)16-15(10)13-6-4-5-7-14(13)19(16)9-8-17/h4-7H,8-9,17H2,1-3H3. The topological polar surface area (TPSA) is 43.8 Å². The maximum atomic E-state index is 5.78. The van der Waals surface area contributed by atoms with Gasteiger partial charge in [0, 0.05) is 35.1 Å². The molecule has 3 aromatic rings. The van der Waals surface area contributed by atoms with E-state index in [0.717, 1.165) is 17.9 Å². The number of benzene rings is 1. The highest BCUT2D eigenvalue weighted by molar-refractivity contribution is 6.10. The summed E-state index contributed by atoms with van der Waals surface area (Å²) in [6, 6.07) is 8.54. The molecule has 98 valence electrons. The average molecular weight is 253 g/mol. The lowest BCUT2D eigenvalue weighted by Gasteiger charge is -2.09. The molecule has 1 aromatic carbocycles. The van der Waals surface area contributed by atoms with Crippen molar-refractivity contribution in [3.8, 4) is 0 Å². The van der Waals surface area contributed by atoms with Gasteiger partial charge in [-0.1, -0.05) is 18.2 Å². The summed E-state index contributed by atoms with van der Waals surface area (Å²) in [4.78, 5) is 4.68. The molecular weight excluding hydrogens is 234 g/mol. The van der Waals surface area contributed by atoms with Gasteiger partial charge in [-0.25, -0.2) is 0 Å². The smallest absolute Gasteiger partial charge is 0.0710 e. The van der Waals surface area contributed by atoms with Gasteiger partial charge in [0.15, 0.2) is 0 Å². The lowest BCUT2D eigenvalue weighted by molar-refractivity contribution is 0.754. The van der Waals surface area contributed by atoms with Crippen LogP contribution < -0.4 is 5.73 Å². The van der Waals surface area contributed by atoms with Crippen LogP contribution in [-0.2, 0) is 6.54 Å². The molecule has 0 saturated heterocycles. The second-order valence-electron chi connectivity index (χ2n) is 5.09. The number of hydrogen-bond acceptors (Lipinski definition) is 2. The number of fused-ring (bicyclic) bond motifs is 3. The Morgan fingerprint density at radius 3 is 2.58 bits per heavy atom. The summed E-state index contributed by atoms with van der Waals surface area (Å²) in [6.45, 7) is 7.79. The molecule has 0 aliphatic carbocycles. The maximum absolute atomic E-state index is 5.78. The molecule has 0 bridgehead atoms. The van der Waals surface area contributed by atoms with Gasteiger partial charge in [-0.15, -0.1) is 0 Å². The molecule has 0 fully saturated rings. The van der Waals surface area contributed by atoms with E-state index in [1.807, 2.05) is 0 Å². The Kier molecular flexibility index (Phi) is 2.79. The highest BCUT2D eigenvalue weighted by Gasteiger charge is 2.15. The van der Waals surface area contributed by atoms with E-state index < -0.39 is 0 Å². The molecule has 0 saturated carbocycles. The predicted octanol–water partition coefficient (Wildman–Crippen LogP) is 3.07. The molecule has 3 nitrogen and oxygen atoms in total. The van der Waals surface area contributed by atoms with Crippen molar-refractivity contribution in [3.05, 3.63) is 41.2 Å².